The van der Waals surface area contributed by atoms with Crippen LogP contribution >= 0.6 is 0 Å². The lowest BCUT2D eigenvalue weighted by atomic mass is 10.0. The van der Waals surface area contributed by atoms with Crippen LogP contribution < -0.4 is 16.2 Å². The maximum absolute atomic E-state index is 13.5. The SMILES string of the molecule is C=C(c1cc2nc(C(F)(F)F)n(C)c2cc1C)N(C)c1c(N)cc(C(F)(F)F)n(C2CC2)c1=O. The number of nitrogens with zero attached hydrogens (tertiary/aromatic N) is 4. The molecule has 1 aliphatic carbocycles. The molecule has 0 saturated heterocycles. The summed E-state index contributed by atoms with van der Waals surface area (Å²) in [5, 5.41) is 0. The number of fused-ring (bicyclic) bond motifs is 1. The van der Waals surface area contributed by atoms with Gasteiger partial charge in [-0.25, -0.2) is 4.98 Å². The third-order valence-electron chi connectivity index (χ3n) is 5.98. The molecule has 0 spiro atoms. The van der Waals surface area contributed by atoms with Crippen LogP contribution in [0.2, 0.25) is 0 Å². The Hall–Kier alpha value is -3.44. The van der Waals surface area contributed by atoms with E-state index in [0.29, 0.717) is 28.5 Å². The van der Waals surface area contributed by atoms with Crippen LogP contribution in [0, 0.1) is 6.92 Å². The second-order valence-corrected chi connectivity index (χ2v) is 8.39. The van der Waals surface area contributed by atoms with Crippen molar-refractivity contribution in [1.29, 1.82) is 0 Å². The first-order chi connectivity index (χ1) is 15.6. The summed E-state index contributed by atoms with van der Waals surface area (Å²) < 4.78 is 82.1. The van der Waals surface area contributed by atoms with Crippen molar-refractivity contribution >= 4 is 28.1 Å². The minimum atomic E-state index is -4.76. The van der Waals surface area contributed by atoms with Gasteiger partial charge >= 0.3 is 12.4 Å². The summed E-state index contributed by atoms with van der Waals surface area (Å²) in [6.07, 6.45) is -8.54. The van der Waals surface area contributed by atoms with Gasteiger partial charge in [-0.3, -0.25) is 9.36 Å². The second kappa shape index (κ2) is 7.54. The van der Waals surface area contributed by atoms with E-state index in [1.165, 1.54) is 31.1 Å². The Bertz CT molecular complexity index is 1380. The van der Waals surface area contributed by atoms with Gasteiger partial charge in [0.2, 0.25) is 5.82 Å². The maximum Gasteiger partial charge on any atom is 0.449 e. The number of pyridine rings is 1. The van der Waals surface area contributed by atoms with Crippen LogP contribution in [0.3, 0.4) is 0 Å². The molecular weight excluding hydrogens is 464 g/mol. The topological polar surface area (TPSA) is 69.1 Å². The Balaban J connectivity index is 1.82. The van der Waals surface area contributed by atoms with Crippen molar-refractivity contribution in [2.75, 3.05) is 17.7 Å². The number of benzene rings is 1. The molecule has 34 heavy (non-hydrogen) atoms. The van der Waals surface area contributed by atoms with Crippen LogP contribution in [0.15, 0.2) is 29.6 Å². The average Bonchev–Trinajstić information content (AvgIpc) is 3.49. The maximum atomic E-state index is 13.5. The second-order valence-electron chi connectivity index (χ2n) is 8.39. The van der Waals surface area contributed by atoms with E-state index in [1.807, 2.05) is 0 Å². The Labute approximate surface area is 189 Å². The van der Waals surface area contributed by atoms with Crippen molar-refractivity contribution < 1.29 is 26.3 Å². The predicted octanol–water partition coefficient (Wildman–Crippen LogP) is 5.11. The monoisotopic (exact) mass is 485 g/mol. The van der Waals surface area contributed by atoms with Gasteiger partial charge in [-0.2, -0.15) is 26.3 Å². The standard InChI is InChI=1S/C22H21F6N5O/c1-10-7-16-15(30-20(32(16)4)22(26,27)28)8-13(10)11(2)31(3)18-14(29)9-17(21(23,24)25)33(19(18)34)12-5-6-12/h7-9,12H,2,5-6,29H2,1,3-4H3. The fourth-order valence-corrected chi connectivity index (χ4v) is 4.11. The molecule has 0 unspecified atom stereocenters. The first kappa shape index (κ1) is 23.7. The molecule has 6 nitrogen and oxygen atoms in total. The molecule has 0 amide bonds. The van der Waals surface area contributed by atoms with E-state index in [-0.39, 0.29) is 28.1 Å². The first-order valence-corrected chi connectivity index (χ1v) is 10.2. The van der Waals surface area contributed by atoms with Gasteiger partial charge in [-0.1, -0.05) is 6.58 Å². The summed E-state index contributed by atoms with van der Waals surface area (Å²) in [7, 11) is 2.67. The molecule has 0 bridgehead atoms. The first-order valence-electron chi connectivity index (χ1n) is 10.2. The number of imidazole rings is 1. The molecule has 1 aliphatic rings. The Morgan fingerprint density at radius 1 is 1.15 bits per heavy atom. The van der Waals surface area contributed by atoms with Crippen molar-refractivity contribution in [1.82, 2.24) is 14.1 Å². The van der Waals surface area contributed by atoms with Crippen LogP contribution in [0.25, 0.3) is 16.7 Å². The van der Waals surface area contributed by atoms with Gasteiger partial charge < -0.3 is 15.2 Å². The zero-order valence-electron chi connectivity index (χ0n) is 18.5. The molecule has 0 radical (unpaired) electrons. The van der Waals surface area contributed by atoms with Gasteiger partial charge in [0.25, 0.3) is 5.56 Å². The van der Waals surface area contributed by atoms with Crippen molar-refractivity contribution in [3.8, 4) is 0 Å². The summed E-state index contributed by atoms with van der Waals surface area (Å²) in [6, 6.07) is 3.06. The molecule has 0 aliphatic heterocycles. The van der Waals surface area contributed by atoms with Crippen LogP contribution in [0.4, 0.5) is 37.7 Å². The third kappa shape index (κ3) is 3.80. The third-order valence-corrected chi connectivity index (χ3v) is 5.98. The predicted molar refractivity (Wildman–Crippen MR) is 116 cm³/mol. The molecule has 0 atom stereocenters. The minimum Gasteiger partial charge on any atom is -0.397 e. The van der Waals surface area contributed by atoms with E-state index in [0.717, 1.165) is 10.6 Å². The molecule has 12 heteroatoms. The van der Waals surface area contributed by atoms with Gasteiger partial charge in [0, 0.05) is 31.4 Å². The van der Waals surface area contributed by atoms with Gasteiger partial charge in [0.1, 0.15) is 11.4 Å². The molecule has 4 rings (SSSR count). The normalized spacial score (nSPS) is 14.6. The lowest BCUT2D eigenvalue weighted by Crippen LogP contribution is -2.33. The number of alkyl halides is 6. The van der Waals surface area contributed by atoms with Crippen molar-refractivity contribution in [2.45, 2.75) is 38.2 Å². The van der Waals surface area contributed by atoms with Crippen molar-refractivity contribution in [3.63, 3.8) is 0 Å². The number of aromatic nitrogens is 3. The molecule has 1 aromatic carbocycles. The summed E-state index contributed by atoms with van der Waals surface area (Å²) in [4.78, 5) is 18.1. The number of nitrogens with two attached hydrogens (primary N) is 1. The number of aryl methyl sites for hydroxylation is 2. The Morgan fingerprint density at radius 3 is 2.29 bits per heavy atom. The number of halogens is 6. The summed E-state index contributed by atoms with van der Waals surface area (Å²) in [5.74, 6) is -1.07. The molecule has 1 saturated carbocycles. The molecule has 3 aromatic rings. The molecule has 182 valence electrons. The number of anilines is 2. The van der Waals surface area contributed by atoms with Crippen LogP contribution in [0.5, 0.6) is 0 Å². The van der Waals surface area contributed by atoms with Crippen LogP contribution in [-0.2, 0) is 19.4 Å². The van der Waals surface area contributed by atoms with Crippen molar-refractivity contribution in [2.24, 2.45) is 7.05 Å². The lowest BCUT2D eigenvalue weighted by Gasteiger charge is -2.26. The molecule has 2 N–H and O–H groups in total. The fourth-order valence-electron chi connectivity index (χ4n) is 4.11. The summed E-state index contributed by atoms with van der Waals surface area (Å²) >= 11 is 0. The Kier molecular flexibility index (Phi) is 5.26. The summed E-state index contributed by atoms with van der Waals surface area (Å²) in [5.41, 5.74) is 4.67. The number of nitrogen functional groups attached to an aromatic ring is 1. The molecular formula is C22H21F6N5O. The fraction of sp³-hybridized carbons (Fsp3) is 0.364. The zero-order chi connectivity index (χ0) is 25.3. The lowest BCUT2D eigenvalue weighted by molar-refractivity contribution is -0.146. The highest BCUT2D eigenvalue weighted by atomic mass is 19.4. The molecule has 2 heterocycles. The minimum absolute atomic E-state index is 0.0563. The van der Waals surface area contributed by atoms with E-state index >= 15 is 0 Å². The quantitative estimate of drug-likeness (QED) is 0.522. The number of hydrogen-bond acceptors (Lipinski definition) is 4. The molecule has 1 fully saturated rings. The van der Waals surface area contributed by atoms with E-state index in [9.17, 15) is 31.1 Å². The zero-order valence-corrected chi connectivity index (χ0v) is 18.5. The highest BCUT2D eigenvalue weighted by molar-refractivity contribution is 5.88. The van der Waals surface area contributed by atoms with Crippen LogP contribution in [-0.4, -0.2) is 21.2 Å². The van der Waals surface area contributed by atoms with E-state index < -0.39 is 35.5 Å². The van der Waals surface area contributed by atoms with Gasteiger partial charge in [0.05, 0.1) is 16.7 Å². The average molecular weight is 485 g/mol. The number of rotatable bonds is 4. The molecule has 2 aromatic heterocycles. The highest BCUT2D eigenvalue weighted by Crippen LogP contribution is 2.41. The van der Waals surface area contributed by atoms with Gasteiger partial charge in [-0.15, -0.1) is 0 Å². The van der Waals surface area contributed by atoms with E-state index in [4.69, 9.17) is 5.73 Å². The van der Waals surface area contributed by atoms with E-state index in [2.05, 4.69) is 11.6 Å². The number of hydrogen-bond donors (Lipinski definition) is 1. The highest BCUT2D eigenvalue weighted by Gasteiger charge is 2.41. The van der Waals surface area contributed by atoms with Gasteiger partial charge in [-0.05, 0) is 43.5 Å². The largest absolute Gasteiger partial charge is 0.449 e. The summed E-state index contributed by atoms with van der Waals surface area (Å²) in [6.45, 7) is 5.58. The van der Waals surface area contributed by atoms with Crippen molar-refractivity contribution in [3.05, 3.63) is 57.8 Å². The van der Waals surface area contributed by atoms with E-state index in [1.54, 1.807) is 6.92 Å². The Morgan fingerprint density at radius 2 is 1.76 bits per heavy atom. The smallest absolute Gasteiger partial charge is 0.397 e. The van der Waals surface area contributed by atoms with Gasteiger partial charge in [0.15, 0.2) is 0 Å². The van der Waals surface area contributed by atoms with Crippen LogP contribution in [0.1, 0.15) is 41.5 Å².